The van der Waals surface area contributed by atoms with Crippen LogP contribution in [0.25, 0.3) is 11.1 Å². The van der Waals surface area contributed by atoms with Crippen molar-refractivity contribution in [3.05, 3.63) is 47.5 Å². The Morgan fingerprint density at radius 3 is 2.70 bits per heavy atom. The lowest BCUT2D eigenvalue weighted by Gasteiger charge is -2.12. The number of hydrogen-bond acceptors (Lipinski definition) is 6. The van der Waals surface area contributed by atoms with Crippen molar-refractivity contribution in [2.45, 2.75) is 6.42 Å². The first-order chi connectivity index (χ1) is 11.0. The van der Waals surface area contributed by atoms with Crippen molar-refractivity contribution in [2.75, 3.05) is 14.2 Å². The third-order valence-electron chi connectivity index (χ3n) is 3.23. The number of nitrogens with zero attached hydrogens (tertiary/aromatic N) is 1. The summed E-state index contributed by atoms with van der Waals surface area (Å²) in [6, 6.07) is 9.85. The molecule has 0 saturated carbocycles. The number of aromatic hydroxyl groups is 2. The van der Waals surface area contributed by atoms with Crippen molar-refractivity contribution < 1.29 is 24.6 Å². The summed E-state index contributed by atoms with van der Waals surface area (Å²) in [5, 5.41) is 23.6. The Labute approximate surface area is 133 Å². The molecule has 6 heteroatoms. The van der Waals surface area contributed by atoms with Crippen LogP contribution in [0.15, 0.2) is 41.6 Å². The number of rotatable bonds is 5. The van der Waals surface area contributed by atoms with E-state index in [2.05, 4.69) is 14.7 Å². The summed E-state index contributed by atoms with van der Waals surface area (Å²) < 4.78 is 4.66. The zero-order chi connectivity index (χ0) is 16.8. The first-order valence-corrected chi connectivity index (χ1v) is 6.83. The molecule has 0 aliphatic carbocycles. The predicted octanol–water partition coefficient (Wildman–Crippen LogP) is 2.46. The fourth-order valence-corrected chi connectivity index (χ4v) is 2.26. The van der Waals surface area contributed by atoms with Gasteiger partial charge in [0.15, 0.2) is 0 Å². The van der Waals surface area contributed by atoms with Gasteiger partial charge < -0.3 is 19.8 Å². The molecule has 0 unspecified atom stereocenters. The highest BCUT2D eigenvalue weighted by atomic mass is 16.6. The maximum Gasteiger partial charge on any atom is 0.310 e. The number of hydrogen-bond donors (Lipinski definition) is 2. The van der Waals surface area contributed by atoms with Crippen molar-refractivity contribution in [3.8, 4) is 22.6 Å². The van der Waals surface area contributed by atoms with Gasteiger partial charge in [0.2, 0.25) is 0 Å². The van der Waals surface area contributed by atoms with Crippen molar-refractivity contribution in [2.24, 2.45) is 5.16 Å². The van der Waals surface area contributed by atoms with E-state index in [-0.39, 0.29) is 17.9 Å². The zero-order valence-electron chi connectivity index (χ0n) is 12.8. The smallest absolute Gasteiger partial charge is 0.310 e. The van der Waals surface area contributed by atoms with Crippen LogP contribution in [-0.2, 0) is 20.8 Å². The van der Waals surface area contributed by atoms with E-state index >= 15 is 0 Å². The molecule has 2 rings (SSSR count). The van der Waals surface area contributed by atoms with Crippen molar-refractivity contribution >= 4 is 12.2 Å². The van der Waals surface area contributed by atoms with E-state index in [1.54, 1.807) is 18.2 Å². The summed E-state index contributed by atoms with van der Waals surface area (Å²) in [6.45, 7) is 0. The molecule has 2 N–H and O–H groups in total. The number of methoxy groups -OCH3 is 1. The molecular formula is C17H17NO5. The molecule has 120 valence electrons. The quantitative estimate of drug-likeness (QED) is 0.503. The van der Waals surface area contributed by atoms with Gasteiger partial charge in [-0.25, -0.2) is 0 Å². The van der Waals surface area contributed by atoms with Crippen LogP contribution in [0.4, 0.5) is 0 Å². The summed E-state index contributed by atoms with van der Waals surface area (Å²) in [5.74, 6) is -0.708. The van der Waals surface area contributed by atoms with Crippen molar-refractivity contribution in [1.29, 1.82) is 0 Å². The molecule has 0 saturated heterocycles. The van der Waals surface area contributed by atoms with Crippen LogP contribution in [0.3, 0.4) is 0 Å². The zero-order valence-corrected chi connectivity index (χ0v) is 12.8. The third-order valence-corrected chi connectivity index (χ3v) is 3.23. The highest BCUT2D eigenvalue weighted by molar-refractivity contribution is 5.86. The average Bonchev–Trinajstić information content (AvgIpc) is 2.52. The lowest BCUT2D eigenvalue weighted by molar-refractivity contribution is -0.139. The summed E-state index contributed by atoms with van der Waals surface area (Å²) in [6.07, 6.45) is 1.46. The van der Waals surface area contributed by atoms with E-state index in [1.807, 2.05) is 6.07 Å². The Morgan fingerprint density at radius 1 is 1.22 bits per heavy atom. The lowest BCUT2D eigenvalue weighted by atomic mass is 9.95. The minimum Gasteiger partial charge on any atom is -0.508 e. The third kappa shape index (κ3) is 4.00. The molecule has 0 aromatic heterocycles. The molecule has 0 atom stereocenters. The van der Waals surface area contributed by atoms with E-state index in [0.29, 0.717) is 16.7 Å². The highest BCUT2D eigenvalue weighted by Crippen LogP contribution is 2.36. The number of esters is 1. The molecule has 0 heterocycles. The number of benzene rings is 2. The minimum absolute atomic E-state index is 0.0653. The molecule has 0 amide bonds. The number of phenols is 2. The molecule has 2 aromatic rings. The second-order valence-electron chi connectivity index (χ2n) is 4.79. The van der Waals surface area contributed by atoms with Crippen LogP contribution in [0.5, 0.6) is 11.5 Å². The van der Waals surface area contributed by atoms with Crippen molar-refractivity contribution in [3.63, 3.8) is 0 Å². The van der Waals surface area contributed by atoms with Gasteiger partial charge in [-0.1, -0.05) is 23.4 Å². The van der Waals surface area contributed by atoms with Crippen LogP contribution in [0.2, 0.25) is 0 Å². The van der Waals surface area contributed by atoms with Gasteiger partial charge >= 0.3 is 5.97 Å². The SMILES string of the molecule is CON=Cc1cccc(-c2c(O)cc(O)cc2CC(=O)OC)c1. The van der Waals surface area contributed by atoms with Gasteiger partial charge in [-0.3, -0.25) is 4.79 Å². The molecular weight excluding hydrogens is 298 g/mol. The van der Waals surface area contributed by atoms with Gasteiger partial charge in [-0.05, 0) is 28.8 Å². The average molecular weight is 315 g/mol. The van der Waals surface area contributed by atoms with Gasteiger partial charge in [0, 0.05) is 11.6 Å². The van der Waals surface area contributed by atoms with Crippen LogP contribution in [0.1, 0.15) is 11.1 Å². The molecule has 0 spiro atoms. The van der Waals surface area contributed by atoms with Gasteiger partial charge in [0.1, 0.15) is 18.6 Å². The highest BCUT2D eigenvalue weighted by Gasteiger charge is 2.16. The minimum atomic E-state index is -0.464. The number of carbonyl (C=O) groups excluding carboxylic acids is 1. The summed E-state index contributed by atoms with van der Waals surface area (Å²) in [4.78, 5) is 16.2. The van der Waals surface area contributed by atoms with Crippen LogP contribution in [-0.4, -0.2) is 36.6 Å². The Balaban J connectivity index is 2.53. The maximum absolute atomic E-state index is 11.6. The summed E-state index contributed by atoms with van der Waals surface area (Å²) in [7, 11) is 2.73. The summed E-state index contributed by atoms with van der Waals surface area (Å²) in [5.41, 5.74) is 2.37. The van der Waals surface area contributed by atoms with Gasteiger partial charge in [-0.2, -0.15) is 0 Å². The van der Waals surface area contributed by atoms with Crippen molar-refractivity contribution in [1.82, 2.24) is 0 Å². The molecule has 23 heavy (non-hydrogen) atoms. The first kappa shape index (κ1) is 16.4. The monoisotopic (exact) mass is 315 g/mol. The first-order valence-electron chi connectivity index (χ1n) is 6.83. The summed E-state index contributed by atoms with van der Waals surface area (Å²) >= 11 is 0. The van der Waals surface area contributed by atoms with E-state index in [9.17, 15) is 15.0 Å². The van der Waals surface area contributed by atoms with Gasteiger partial charge in [0.25, 0.3) is 0 Å². The lowest BCUT2D eigenvalue weighted by Crippen LogP contribution is -2.06. The molecule has 0 radical (unpaired) electrons. The maximum atomic E-state index is 11.6. The Hall–Kier alpha value is -3.02. The van der Waals surface area contributed by atoms with E-state index in [4.69, 9.17) is 0 Å². The standard InChI is InChI=1S/C17H17NO5/c1-22-16(21)8-13-7-14(19)9-15(20)17(13)12-5-3-4-11(6-12)10-18-23-2/h3-7,9-10,19-20H,8H2,1-2H3. The Morgan fingerprint density at radius 2 is 2.00 bits per heavy atom. The van der Waals surface area contributed by atoms with Crippen LogP contribution >= 0.6 is 0 Å². The predicted molar refractivity (Wildman–Crippen MR) is 85.5 cm³/mol. The van der Waals surface area contributed by atoms with Crippen LogP contribution < -0.4 is 0 Å². The van der Waals surface area contributed by atoms with E-state index in [0.717, 1.165) is 5.56 Å². The normalized spacial score (nSPS) is 10.7. The molecule has 0 bridgehead atoms. The number of phenolic OH excluding ortho intramolecular Hbond substituents is 2. The number of ether oxygens (including phenoxy) is 1. The van der Waals surface area contributed by atoms with E-state index in [1.165, 1.54) is 32.6 Å². The second kappa shape index (κ2) is 7.31. The topological polar surface area (TPSA) is 88.4 Å². The molecule has 0 fully saturated rings. The number of carbonyl (C=O) groups is 1. The molecule has 6 nitrogen and oxygen atoms in total. The molecule has 0 aliphatic heterocycles. The fourth-order valence-electron chi connectivity index (χ4n) is 2.26. The number of oxime groups is 1. The van der Waals surface area contributed by atoms with Gasteiger partial charge in [-0.15, -0.1) is 0 Å². The molecule has 0 aliphatic rings. The molecule has 2 aromatic carbocycles. The Kier molecular flexibility index (Phi) is 5.19. The largest absolute Gasteiger partial charge is 0.508 e. The van der Waals surface area contributed by atoms with Gasteiger partial charge in [0.05, 0.1) is 19.7 Å². The fraction of sp³-hybridized carbons (Fsp3) is 0.176. The van der Waals surface area contributed by atoms with Crippen LogP contribution in [0, 0.1) is 0 Å². The Bertz CT molecular complexity index is 740. The van der Waals surface area contributed by atoms with E-state index < -0.39 is 5.97 Å². The second-order valence-corrected chi connectivity index (χ2v) is 4.79.